The van der Waals surface area contributed by atoms with Gasteiger partial charge in [0.15, 0.2) is 0 Å². The van der Waals surface area contributed by atoms with Crippen LogP contribution in [0.25, 0.3) is 0 Å². The van der Waals surface area contributed by atoms with E-state index in [1.807, 2.05) is 12.1 Å². The SMILES string of the molecule is Cc1c(Cl)cccc1N(CC(=O)NCc1cccc(C(=O)O)c1)S(=O)(=O)c1ccc(C2CCCCC2)cc1. The Labute approximate surface area is 228 Å². The first-order valence-electron chi connectivity index (χ1n) is 12.6. The van der Waals surface area contributed by atoms with E-state index in [0.717, 1.165) is 22.7 Å². The molecule has 1 fully saturated rings. The van der Waals surface area contributed by atoms with Crippen molar-refractivity contribution in [1.29, 1.82) is 0 Å². The Kier molecular flexibility index (Phi) is 8.74. The lowest BCUT2D eigenvalue weighted by atomic mass is 9.84. The molecule has 200 valence electrons. The molecule has 0 bridgehead atoms. The lowest BCUT2D eigenvalue weighted by Gasteiger charge is -2.26. The van der Waals surface area contributed by atoms with Crippen LogP contribution in [-0.4, -0.2) is 31.9 Å². The lowest BCUT2D eigenvalue weighted by molar-refractivity contribution is -0.119. The third kappa shape index (κ3) is 6.37. The molecule has 0 aromatic heterocycles. The molecule has 1 aliphatic rings. The summed E-state index contributed by atoms with van der Waals surface area (Å²) in [5.41, 5.74) is 2.68. The van der Waals surface area contributed by atoms with Gasteiger partial charge in [-0.1, -0.05) is 61.2 Å². The molecule has 38 heavy (non-hydrogen) atoms. The smallest absolute Gasteiger partial charge is 0.335 e. The summed E-state index contributed by atoms with van der Waals surface area (Å²) in [5.74, 6) is -1.16. The molecule has 0 radical (unpaired) electrons. The fourth-order valence-electron chi connectivity index (χ4n) is 4.84. The Morgan fingerprint density at radius 1 is 1.00 bits per heavy atom. The molecule has 1 aliphatic carbocycles. The minimum Gasteiger partial charge on any atom is -0.478 e. The average molecular weight is 555 g/mol. The van der Waals surface area contributed by atoms with Crippen LogP contribution in [0.4, 0.5) is 5.69 Å². The van der Waals surface area contributed by atoms with Gasteiger partial charge in [0, 0.05) is 11.6 Å². The van der Waals surface area contributed by atoms with Crippen LogP contribution in [0.1, 0.15) is 65.1 Å². The van der Waals surface area contributed by atoms with Gasteiger partial charge in [-0.2, -0.15) is 0 Å². The number of sulfonamides is 1. The predicted octanol–water partition coefficient (Wildman–Crippen LogP) is 5.91. The van der Waals surface area contributed by atoms with Crippen LogP contribution in [0.2, 0.25) is 5.02 Å². The molecular weight excluding hydrogens is 524 g/mol. The first-order valence-corrected chi connectivity index (χ1v) is 14.5. The van der Waals surface area contributed by atoms with Crippen molar-refractivity contribution >= 4 is 39.2 Å². The number of hydrogen-bond donors (Lipinski definition) is 2. The van der Waals surface area contributed by atoms with Gasteiger partial charge in [0.1, 0.15) is 6.54 Å². The maximum Gasteiger partial charge on any atom is 0.335 e. The van der Waals surface area contributed by atoms with E-state index in [2.05, 4.69) is 5.32 Å². The van der Waals surface area contributed by atoms with Crippen LogP contribution >= 0.6 is 11.6 Å². The van der Waals surface area contributed by atoms with Gasteiger partial charge >= 0.3 is 5.97 Å². The first-order chi connectivity index (χ1) is 18.2. The van der Waals surface area contributed by atoms with Crippen LogP contribution in [-0.2, 0) is 21.4 Å². The molecule has 0 unspecified atom stereocenters. The van der Waals surface area contributed by atoms with Crippen LogP contribution < -0.4 is 9.62 Å². The number of halogens is 1. The number of hydrogen-bond acceptors (Lipinski definition) is 4. The molecule has 2 N–H and O–H groups in total. The number of rotatable bonds is 9. The van der Waals surface area contributed by atoms with Crippen molar-refractivity contribution < 1.29 is 23.1 Å². The van der Waals surface area contributed by atoms with Gasteiger partial charge in [-0.25, -0.2) is 13.2 Å². The maximum atomic E-state index is 13.9. The highest BCUT2D eigenvalue weighted by atomic mass is 35.5. The number of aromatic carboxylic acids is 1. The molecule has 0 aliphatic heterocycles. The number of carboxylic acids is 1. The molecule has 3 aromatic rings. The summed E-state index contributed by atoms with van der Waals surface area (Å²) in [4.78, 5) is 24.3. The standard InChI is InChI=1S/C29H31ClN2O5S/c1-20-26(30)11-6-12-27(20)32(19-28(33)31-18-21-7-5-10-24(17-21)29(34)35)38(36,37)25-15-13-23(14-16-25)22-8-3-2-4-9-22/h5-7,10-17,22H,2-4,8-9,18-19H2,1H3,(H,31,33)(H,34,35). The van der Waals surface area contributed by atoms with E-state index in [4.69, 9.17) is 11.6 Å². The molecule has 9 heteroatoms. The monoisotopic (exact) mass is 554 g/mol. The van der Waals surface area contributed by atoms with E-state index < -0.39 is 28.4 Å². The van der Waals surface area contributed by atoms with E-state index in [1.165, 1.54) is 31.4 Å². The summed E-state index contributed by atoms with van der Waals surface area (Å²) in [5, 5.41) is 12.3. The Morgan fingerprint density at radius 2 is 1.68 bits per heavy atom. The molecule has 4 rings (SSSR count). The van der Waals surface area contributed by atoms with Crippen molar-refractivity contribution in [2.45, 2.75) is 56.4 Å². The average Bonchev–Trinajstić information content (AvgIpc) is 2.93. The number of benzene rings is 3. The van der Waals surface area contributed by atoms with Crippen molar-refractivity contribution in [2.24, 2.45) is 0 Å². The molecule has 0 atom stereocenters. The number of nitrogens with one attached hydrogen (secondary N) is 1. The second-order valence-electron chi connectivity index (χ2n) is 9.58. The molecule has 0 spiro atoms. The largest absolute Gasteiger partial charge is 0.478 e. The zero-order valence-corrected chi connectivity index (χ0v) is 22.8. The second-order valence-corrected chi connectivity index (χ2v) is 11.9. The Morgan fingerprint density at radius 3 is 2.37 bits per heavy atom. The van der Waals surface area contributed by atoms with Gasteiger partial charge in [0.25, 0.3) is 10.0 Å². The van der Waals surface area contributed by atoms with Crippen molar-refractivity contribution in [3.63, 3.8) is 0 Å². The summed E-state index contributed by atoms with van der Waals surface area (Å²) in [6.45, 7) is 1.30. The lowest BCUT2D eigenvalue weighted by Crippen LogP contribution is -2.41. The number of amides is 1. The third-order valence-electron chi connectivity index (χ3n) is 7.00. The number of carboxylic acid groups (broad SMARTS) is 1. The Hall–Kier alpha value is -3.36. The van der Waals surface area contributed by atoms with Crippen molar-refractivity contribution in [3.05, 3.63) is 94.0 Å². The fraction of sp³-hybridized carbons (Fsp3) is 0.310. The summed E-state index contributed by atoms with van der Waals surface area (Å²) in [6, 6.07) is 18.1. The van der Waals surface area contributed by atoms with Crippen LogP contribution in [0.3, 0.4) is 0 Å². The van der Waals surface area contributed by atoms with Gasteiger partial charge in [-0.15, -0.1) is 0 Å². The van der Waals surface area contributed by atoms with E-state index in [9.17, 15) is 23.1 Å². The molecule has 7 nitrogen and oxygen atoms in total. The highest BCUT2D eigenvalue weighted by Crippen LogP contribution is 2.34. The molecule has 0 saturated heterocycles. The molecule has 3 aromatic carbocycles. The number of carbonyl (C=O) groups excluding carboxylic acids is 1. The van der Waals surface area contributed by atoms with E-state index >= 15 is 0 Å². The zero-order chi connectivity index (χ0) is 27.3. The van der Waals surface area contributed by atoms with Gasteiger partial charge in [0.2, 0.25) is 5.91 Å². The first kappa shape index (κ1) is 27.7. The maximum absolute atomic E-state index is 13.9. The van der Waals surface area contributed by atoms with Crippen molar-refractivity contribution in [1.82, 2.24) is 5.32 Å². The highest BCUT2D eigenvalue weighted by Gasteiger charge is 2.29. The minimum atomic E-state index is -4.10. The highest BCUT2D eigenvalue weighted by molar-refractivity contribution is 7.92. The molecule has 1 saturated carbocycles. The predicted molar refractivity (Wildman–Crippen MR) is 148 cm³/mol. The minimum absolute atomic E-state index is 0.0540. The Bertz CT molecular complexity index is 1420. The van der Waals surface area contributed by atoms with Crippen LogP contribution in [0.15, 0.2) is 71.6 Å². The fourth-order valence-corrected chi connectivity index (χ4v) is 6.49. The summed E-state index contributed by atoms with van der Waals surface area (Å²) < 4.78 is 28.8. The second kappa shape index (κ2) is 12.0. The topological polar surface area (TPSA) is 104 Å². The van der Waals surface area contributed by atoms with Gasteiger partial charge in [0.05, 0.1) is 16.1 Å². The van der Waals surface area contributed by atoms with E-state index in [-0.39, 0.29) is 17.0 Å². The van der Waals surface area contributed by atoms with Gasteiger partial charge in [-0.3, -0.25) is 9.10 Å². The number of carbonyl (C=O) groups is 2. The molecule has 0 heterocycles. The Balaban J connectivity index is 1.58. The normalized spacial score (nSPS) is 14.2. The quantitative estimate of drug-likeness (QED) is 0.342. The van der Waals surface area contributed by atoms with Crippen LogP contribution in [0, 0.1) is 6.92 Å². The van der Waals surface area contributed by atoms with Gasteiger partial charge < -0.3 is 10.4 Å². The van der Waals surface area contributed by atoms with Crippen LogP contribution in [0.5, 0.6) is 0 Å². The molecule has 1 amide bonds. The van der Waals surface area contributed by atoms with E-state index in [0.29, 0.717) is 27.8 Å². The number of anilines is 1. The summed E-state index contributed by atoms with van der Waals surface area (Å²) >= 11 is 6.31. The van der Waals surface area contributed by atoms with Crippen molar-refractivity contribution in [3.8, 4) is 0 Å². The van der Waals surface area contributed by atoms with Crippen molar-refractivity contribution in [2.75, 3.05) is 10.8 Å². The van der Waals surface area contributed by atoms with Gasteiger partial charge in [-0.05, 0) is 78.8 Å². The summed E-state index contributed by atoms with van der Waals surface area (Å²) in [7, 11) is -4.10. The number of nitrogens with zero attached hydrogens (tertiary/aromatic N) is 1. The molecular formula is C29H31ClN2O5S. The zero-order valence-electron chi connectivity index (χ0n) is 21.2. The summed E-state index contributed by atoms with van der Waals surface area (Å²) in [6.07, 6.45) is 5.82. The third-order valence-corrected chi connectivity index (χ3v) is 9.19. The van der Waals surface area contributed by atoms with E-state index in [1.54, 1.807) is 49.4 Å².